The first kappa shape index (κ1) is 17.9. The zero-order chi connectivity index (χ0) is 19.0. The molecule has 1 spiro atoms. The monoisotopic (exact) mass is 388 g/mol. The molecule has 1 aromatic carbocycles. The number of allylic oxidation sites excluding steroid dienone is 1. The Balaban J connectivity index is 1.56. The average Bonchev–Trinajstić information content (AvgIpc) is 3.10. The van der Waals surface area contributed by atoms with Crippen molar-refractivity contribution in [2.45, 2.75) is 12.8 Å². The molecule has 2 aliphatic rings. The number of nitrogens with zero attached hydrogens (tertiary/aromatic N) is 3. The molecule has 27 heavy (non-hydrogen) atoms. The standard InChI is InChI=1S/C18H21FN6OS/c19-13-5-11(12(7-20)8-21)6-14(26)15(13)16-23-24-17(27-16)25-9-18(10-25)1-3-22-4-2-18/h5-8,20,22,26H,1-4,9-10,21H2/b12-8+,20-7?. The van der Waals surface area contributed by atoms with E-state index in [9.17, 15) is 9.50 Å². The van der Waals surface area contributed by atoms with Gasteiger partial charge in [-0.3, -0.25) is 0 Å². The van der Waals surface area contributed by atoms with Gasteiger partial charge >= 0.3 is 0 Å². The molecule has 0 radical (unpaired) electrons. The van der Waals surface area contributed by atoms with Crippen LogP contribution in [-0.2, 0) is 0 Å². The highest BCUT2D eigenvalue weighted by Gasteiger charge is 2.44. The molecule has 0 unspecified atom stereocenters. The third-order valence-electron chi connectivity index (χ3n) is 5.35. The van der Waals surface area contributed by atoms with E-state index in [2.05, 4.69) is 20.4 Å². The summed E-state index contributed by atoms with van der Waals surface area (Å²) in [5, 5.41) is 30.4. The Labute approximate surface area is 160 Å². The molecule has 9 heteroatoms. The number of phenols is 1. The SMILES string of the molecule is N=C/C(=C\N)c1cc(O)c(-c2nnc(N3CC4(CCNCC4)C3)s2)c(F)c1. The fourth-order valence-electron chi connectivity index (χ4n) is 3.81. The number of piperidine rings is 1. The predicted octanol–water partition coefficient (Wildman–Crippen LogP) is 2.19. The molecule has 2 fully saturated rings. The van der Waals surface area contributed by atoms with Crippen LogP contribution < -0.4 is 16.0 Å². The third-order valence-corrected chi connectivity index (χ3v) is 6.35. The van der Waals surface area contributed by atoms with E-state index in [1.807, 2.05) is 0 Å². The molecule has 7 nitrogen and oxygen atoms in total. The number of anilines is 1. The second-order valence-corrected chi connectivity index (χ2v) is 8.07. The highest BCUT2D eigenvalue weighted by Crippen LogP contribution is 2.44. The molecule has 2 saturated heterocycles. The molecule has 2 aromatic rings. The van der Waals surface area contributed by atoms with Crippen molar-refractivity contribution in [3.63, 3.8) is 0 Å². The van der Waals surface area contributed by atoms with E-state index in [0.29, 0.717) is 21.6 Å². The van der Waals surface area contributed by atoms with E-state index >= 15 is 0 Å². The minimum absolute atomic E-state index is 0.0287. The summed E-state index contributed by atoms with van der Waals surface area (Å²) >= 11 is 1.28. The highest BCUT2D eigenvalue weighted by molar-refractivity contribution is 7.18. The Bertz CT molecular complexity index is 874. The second kappa shape index (κ2) is 6.90. The first-order chi connectivity index (χ1) is 13.0. The Morgan fingerprint density at radius 1 is 1.33 bits per heavy atom. The molecule has 5 N–H and O–H groups in total. The topological polar surface area (TPSA) is 111 Å². The fraction of sp³-hybridized carbons (Fsp3) is 0.389. The number of aromatic hydroxyl groups is 1. The van der Waals surface area contributed by atoms with Gasteiger partial charge in [0.25, 0.3) is 0 Å². The van der Waals surface area contributed by atoms with Gasteiger partial charge in [0.1, 0.15) is 11.6 Å². The van der Waals surface area contributed by atoms with Crippen LogP contribution in [0.25, 0.3) is 16.1 Å². The molecule has 3 heterocycles. The lowest BCUT2D eigenvalue weighted by Crippen LogP contribution is -2.60. The number of hydrogen-bond donors (Lipinski definition) is 4. The lowest BCUT2D eigenvalue weighted by molar-refractivity contribution is 0.149. The Morgan fingerprint density at radius 3 is 2.70 bits per heavy atom. The molecule has 0 atom stereocenters. The molecule has 1 aromatic heterocycles. The molecular weight excluding hydrogens is 367 g/mol. The van der Waals surface area contributed by atoms with Gasteiger partial charge in [-0.1, -0.05) is 11.3 Å². The summed E-state index contributed by atoms with van der Waals surface area (Å²) in [4.78, 5) is 2.17. The molecule has 0 saturated carbocycles. The largest absolute Gasteiger partial charge is 0.507 e. The lowest BCUT2D eigenvalue weighted by Gasteiger charge is -2.52. The van der Waals surface area contributed by atoms with E-state index in [1.54, 1.807) is 0 Å². The van der Waals surface area contributed by atoms with Crippen LogP contribution in [0.1, 0.15) is 18.4 Å². The van der Waals surface area contributed by atoms with Gasteiger partial charge in [0.15, 0.2) is 5.01 Å². The maximum Gasteiger partial charge on any atom is 0.208 e. The number of phenolic OH excluding ortho intramolecular Hbond substituents is 1. The quantitative estimate of drug-likeness (QED) is 0.598. The maximum atomic E-state index is 14.6. The van der Waals surface area contributed by atoms with Crippen LogP contribution in [0.15, 0.2) is 18.3 Å². The molecule has 4 rings (SSSR count). The summed E-state index contributed by atoms with van der Waals surface area (Å²) < 4.78 is 14.6. The molecule has 142 valence electrons. The number of aromatic nitrogens is 2. The molecular formula is C18H21FN6OS. The minimum Gasteiger partial charge on any atom is -0.507 e. The summed E-state index contributed by atoms with van der Waals surface area (Å²) in [6, 6.07) is 2.63. The number of rotatable bonds is 4. The first-order valence-electron chi connectivity index (χ1n) is 8.80. The Hall–Kier alpha value is -2.52. The van der Waals surface area contributed by atoms with E-state index < -0.39 is 5.82 Å². The first-order valence-corrected chi connectivity index (χ1v) is 9.62. The van der Waals surface area contributed by atoms with Gasteiger partial charge in [0.2, 0.25) is 5.13 Å². The van der Waals surface area contributed by atoms with Crippen molar-refractivity contribution >= 4 is 28.3 Å². The number of nitrogens with two attached hydrogens (primary N) is 1. The minimum atomic E-state index is -0.618. The van der Waals surface area contributed by atoms with Crippen molar-refractivity contribution in [3.8, 4) is 16.3 Å². The summed E-state index contributed by atoms with van der Waals surface area (Å²) in [5.41, 5.74) is 6.49. The summed E-state index contributed by atoms with van der Waals surface area (Å²) in [7, 11) is 0. The van der Waals surface area contributed by atoms with Gasteiger partial charge in [-0.15, -0.1) is 10.2 Å². The van der Waals surface area contributed by atoms with Crippen molar-refractivity contribution in [2.75, 3.05) is 31.1 Å². The average molecular weight is 388 g/mol. The van der Waals surface area contributed by atoms with E-state index in [4.69, 9.17) is 11.1 Å². The van der Waals surface area contributed by atoms with Crippen molar-refractivity contribution in [1.82, 2.24) is 15.5 Å². The number of hydrogen-bond acceptors (Lipinski definition) is 8. The van der Waals surface area contributed by atoms with Crippen molar-refractivity contribution in [1.29, 1.82) is 5.41 Å². The number of nitrogens with one attached hydrogen (secondary N) is 2. The van der Waals surface area contributed by atoms with Gasteiger partial charge < -0.3 is 26.5 Å². The van der Waals surface area contributed by atoms with E-state index in [-0.39, 0.29) is 11.3 Å². The second-order valence-electron chi connectivity index (χ2n) is 7.11. The summed E-state index contributed by atoms with van der Waals surface area (Å²) in [6.07, 6.45) is 4.54. The molecule has 2 aliphatic heterocycles. The molecule has 0 amide bonds. The van der Waals surface area contributed by atoms with Crippen molar-refractivity contribution in [2.24, 2.45) is 11.1 Å². The zero-order valence-electron chi connectivity index (χ0n) is 14.7. The van der Waals surface area contributed by atoms with Crippen molar-refractivity contribution < 1.29 is 9.50 Å². The molecule has 0 aliphatic carbocycles. The Morgan fingerprint density at radius 2 is 2.07 bits per heavy atom. The summed E-state index contributed by atoms with van der Waals surface area (Å²) in [5.74, 6) is -0.861. The van der Waals surface area contributed by atoms with E-state index in [1.165, 1.54) is 29.7 Å². The van der Waals surface area contributed by atoms with Crippen LogP contribution >= 0.6 is 11.3 Å². The van der Waals surface area contributed by atoms with Crippen LogP contribution in [0.2, 0.25) is 0 Å². The van der Waals surface area contributed by atoms with Crippen LogP contribution in [0.3, 0.4) is 0 Å². The number of benzene rings is 1. The van der Waals surface area contributed by atoms with Gasteiger partial charge in [-0.05, 0) is 43.6 Å². The van der Waals surface area contributed by atoms with Gasteiger partial charge in [0, 0.05) is 36.5 Å². The third kappa shape index (κ3) is 3.17. The fourth-order valence-corrected chi connectivity index (χ4v) is 4.71. The van der Waals surface area contributed by atoms with Crippen LogP contribution in [0.4, 0.5) is 9.52 Å². The summed E-state index contributed by atoms with van der Waals surface area (Å²) in [6.45, 7) is 3.99. The van der Waals surface area contributed by atoms with Crippen LogP contribution in [-0.4, -0.2) is 47.7 Å². The number of halogens is 1. The van der Waals surface area contributed by atoms with Gasteiger partial charge in [-0.2, -0.15) is 0 Å². The predicted molar refractivity (Wildman–Crippen MR) is 105 cm³/mol. The van der Waals surface area contributed by atoms with Gasteiger partial charge in [0.05, 0.1) is 5.56 Å². The Kier molecular flexibility index (Phi) is 4.56. The normalized spacial score (nSPS) is 19.1. The van der Waals surface area contributed by atoms with Crippen LogP contribution in [0, 0.1) is 16.6 Å². The van der Waals surface area contributed by atoms with E-state index in [0.717, 1.165) is 50.4 Å². The van der Waals surface area contributed by atoms with Gasteiger partial charge in [-0.25, -0.2) is 4.39 Å². The smallest absolute Gasteiger partial charge is 0.208 e. The highest BCUT2D eigenvalue weighted by atomic mass is 32.1. The zero-order valence-corrected chi connectivity index (χ0v) is 15.5. The maximum absolute atomic E-state index is 14.6. The lowest BCUT2D eigenvalue weighted by atomic mass is 9.73. The molecule has 0 bridgehead atoms. The van der Waals surface area contributed by atoms with Crippen molar-refractivity contribution in [3.05, 3.63) is 29.7 Å². The van der Waals surface area contributed by atoms with Crippen LogP contribution in [0.5, 0.6) is 5.75 Å².